The molecule has 0 aromatic heterocycles. The lowest BCUT2D eigenvalue weighted by atomic mass is 10.0. The fourth-order valence-electron chi connectivity index (χ4n) is 1.37. The second kappa shape index (κ2) is 5.37. The molecule has 0 amide bonds. The first-order valence-electron chi connectivity index (χ1n) is 5.27. The van der Waals surface area contributed by atoms with Crippen molar-refractivity contribution >= 4 is 5.78 Å². The Morgan fingerprint density at radius 1 is 1.33 bits per heavy atom. The van der Waals surface area contributed by atoms with Crippen LogP contribution in [0.25, 0.3) is 0 Å². The van der Waals surface area contributed by atoms with Gasteiger partial charge in [-0.05, 0) is 24.1 Å². The SMILES string of the molecule is CC(C)CC(=O)c1ccc(OC(F)(F)F)c(F)c1. The predicted molar refractivity (Wildman–Crippen MR) is 56.9 cm³/mol. The molecule has 0 aliphatic rings. The molecule has 0 radical (unpaired) electrons. The summed E-state index contributed by atoms with van der Waals surface area (Å²) in [5, 5.41) is 0. The van der Waals surface area contributed by atoms with Crippen LogP contribution in [-0.4, -0.2) is 12.1 Å². The molecule has 1 rings (SSSR count). The normalized spacial score (nSPS) is 11.7. The lowest BCUT2D eigenvalue weighted by Crippen LogP contribution is -2.18. The third-order valence-electron chi connectivity index (χ3n) is 2.07. The van der Waals surface area contributed by atoms with Gasteiger partial charge in [-0.15, -0.1) is 13.2 Å². The first-order chi connectivity index (χ1) is 8.19. The summed E-state index contributed by atoms with van der Waals surface area (Å²) in [6, 6.07) is 2.68. The molecule has 18 heavy (non-hydrogen) atoms. The average molecular weight is 264 g/mol. The van der Waals surface area contributed by atoms with Crippen LogP contribution in [0, 0.1) is 11.7 Å². The summed E-state index contributed by atoms with van der Waals surface area (Å²) in [5.41, 5.74) is 0.0377. The van der Waals surface area contributed by atoms with Gasteiger partial charge in [0.1, 0.15) is 0 Å². The molecule has 0 spiro atoms. The number of alkyl halides is 3. The second-order valence-corrected chi connectivity index (χ2v) is 4.21. The third-order valence-corrected chi connectivity index (χ3v) is 2.07. The van der Waals surface area contributed by atoms with Crippen LogP contribution in [0.4, 0.5) is 17.6 Å². The first-order valence-corrected chi connectivity index (χ1v) is 5.27. The van der Waals surface area contributed by atoms with Crippen molar-refractivity contribution in [2.24, 2.45) is 5.92 Å². The smallest absolute Gasteiger partial charge is 0.403 e. The van der Waals surface area contributed by atoms with E-state index in [0.717, 1.165) is 18.2 Å². The number of hydrogen-bond donors (Lipinski definition) is 0. The van der Waals surface area contributed by atoms with Crippen LogP contribution in [-0.2, 0) is 0 Å². The van der Waals surface area contributed by atoms with Crippen LogP contribution >= 0.6 is 0 Å². The maximum Gasteiger partial charge on any atom is 0.573 e. The zero-order chi connectivity index (χ0) is 13.9. The minimum Gasteiger partial charge on any atom is -0.403 e. The molecule has 0 atom stereocenters. The van der Waals surface area contributed by atoms with Crippen molar-refractivity contribution in [3.05, 3.63) is 29.6 Å². The molecular weight excluding hydrogens is 252 g/mol. The minimum absolute atomic E-state index is 0.0377. The summed E-state index contributed by atoms with van der Waals surface area (Å²) in [5.74, 6) is -2.38. The van der Waals surface area contributed by atoms with Gasteiger partial charge in [0, 0.05) is 12.0 Å². The van der Waals surface area contributed by atoms with E-state index in [1.165, 1.54) is 0 Å². The molecule has 0 aliphatic carbocycles. The van der Waals surface area contributed by atoms with Crippen LogP contribution in [0.15, 0.2) is 18.2 Å². The van der Waals surface area contributed by atoms with Crippen molar-refractivity contribution in [2.45, 2.75) is 26.6 Å². The number of rotatable bonds is 4. The number of ether oxygens (including phenoxy) is 1. The maximum atomic E-state index is 13.3. The zero-order valence-electron chi connectivity index (χ0n) is 9.84. The van der Waals surface area contributed by atoms with E-state index in [1.54, 1.807) is 0 Å². The van der Waals surface area contributed by atoms with Crippen LogP contribution < -0.4 is 4.74 Å². The Hall–Kier alpha value is -1.59. The Kier molecular flexibility index (Phi) is 4.32. The Morgan fingerprint density at radius 3 is 2.39 bits per heavy atom. The summed E-state index contributed by atoms with van der Waals surface area (Å²) in [6.07, 6.45) is -4.75. The van der Waals surface area contributed by atoms with E-state index in [-0.39, 0.29) is 23.7 Å². The van der Waals surface area contributed by atoms with Gasteiger partial charge in [-0.2, -0.15) is 0 Å². The molecule has 2 nitrogen and oxygen atoms in total. The number of hydrogen-bond acceptors (Lipinski definition) is 2. The fourth-order valence-corrected chi connectivity index (χ4v) is 1.37. The van der Waals surface area contributed by atoms with Crippen molar-refractivity contribution in [2.75, 3.05) is 0 Å². The van der Waals surface area contributed by atoms with E-state index in [1.807, 2.05) is 13.8 Å². The van der Waals surface area contributed by atoms with Gasteiger partial charge in [0.2, 0.25) is 0 Å². The largest absolute Gasteiger partial charge is 0.573 e. The summed E-state index contributed by atoms with van der Waals surface area (Å²) in [7, 11) is 0. The molecule has 100 valence electrons. The van der Waals surface area contributed by atoms with Gasteiger partial charge < -0.3 is 4.74 Å². The standard InChI is InChI=1S/C12H12F4O2/c1-7(2)5-10(17)8-3-4-11(9(13)6-8)18-12(14,15)16/h3-4,6-7H,5H2,1-2H3. The molecule has 1 aromatic carbocycles. The molecule has 0 bridgehead atoms. The second-order valence-electron chi connectivity index (χ2n) is 4.21. The Balaban J connectivity index is 2.89. The molecule has 0 saturated carbocycles. The van der Waals surface area contributed by atoms with Crippen molar-refractivity contribution in [3.63, 3.8) is 0 Å². The molecule has 0 unspecified atom stereocenters. The van der Waals surface area contributed by atoms with Gasteiger partial charge in [-0.1, -0.05) is 13.8 Å². The molecular formula is C12H12F4O2. The molecule has 0 saturated heterocycles. The zero-order valence-corrected chi connectivity index (χ0v) is 9.84. The van der Waals surface area contributed by atoms with Crippen molar-refractivity contribution < 1.29 is 27.1 Å². The Bertz CT molecular complexity index is 438. The van der Waals surface area contributed by atoms with Gasteiger partial charge in [-0.3, -0.25) is 4.79 Å². The summed E-state index contributed by atoms with van der Waals surface area (Å²) in [4.78, 5) is 11.6. The maximum absolute atomic E-state index is 13.3. The van der Waals surface area contributed by atoms with E-state index in [9.17, 15) is 22.4 Å². The van der Waals surface area contributed by atoms with Crippen LogP contribution in [0.5, 0.6) is 5.75 Å². The Morgan fingerprint density at radius 2 is 1.94 bits per heavy atom. The quantitative estimate of drug-likeness (QED) is 0.608. The van der Waals surface area contributed by atoms with Gasteiger partial charge in [0.15, 0.2) is 17.3 Å². The summed E-state index contributed by atoms with van der Waals surface area (Å²) >= 11 is 0. The van der Waals surface area contributed by atoms with Crippen LogP contribution in [0.1, 0.15) is 30.6 Å². The molecule has 0 fully saturated rings. The lowest BCUT2D eigenvalue weighted by molar-refractivity contribution is -0.275. The van der Waals surface area contributed by atoms with E-state index >= 15 is 0 Å². The van der Waals surface area contributed by atoms with E-state index in [4.69, 9.17) is 0 Å². The minimum atomic E-state index is -4.95. The van der Waals surface area contributed by atoms with Crippen molar-refractivity contribution in [3.8, 4) is 5.75 Å². The molecule has 0 heterocycles. The summed E-state index contributed by atoms with van der Waals surface area (Å²) < 4.78 is 52.5. The third kappa shape index (κ3) is 4.35. The highest BCUT2D eigenvalue weighted by Crippen LogP contribution is 2.26. The van der Waals surface area contributed by atoms with Gasteiger partial charge in [0.05, 0.1) is 0 Å². The number of carbonyl (C=O) groups is 1. The van der Waals surface area contributed by atoms with E-state index < -0.39 is 17.9 Å². The molecule has 1 aromatic rings. The highest BCUT2D eigenvalue weighted by atomic mass is 19.4. The fraction of sp³-hybridized carbons (Fsp3) is 0.417. The highest BCUT2D eigenvalue weighted by Gasteiger charge is 2.32. The number of benzene rings is 1. The van der Waals surface area contributed by atoms with Crippen LogP contribution in [0.2, 0.25) is 0 Å². The predicted octanol–water partition coefficient (Wildman–Crippen LogP) is 3.95. The Labute approximate surface area is 102 Å². The van der Waals surface area contributed by atoms with Gasteiger partial charge in [0.25, 0.3) is 0 Å². The van der Waals surface area contributed by atoms with Gasteiger partial charge in [-0.25, -0.2) is 4.39 Å². The van der Waals surface area contributed by atoms with Crippen molar-refractivity contribution in [1.29, 1.82) is 0 Å². The monoisotopic (exact) mass is 264 g/mol. The van der Waals surface area contributed by atoms with E-state index in [0.29, 0.717) is 0 Å². The first kappa shape index (κ1) is 14.5. The number of Topliss-reactive ketones (excluding diaryl/α,β-unsaturated/α-hetero) is 1. The molecule has 0 aliphatic heterocycles. The molecule has 0 N–H and O–H groups in total. The average Bonchev–Trinajstić information content (AvgIpc) is 2.18. The van der Waals surface area contributed by atoms with Gasteiger partial charge >= 0.3 is 6.36 Å². The highest BCUT2D eigenvalue weighted by molar-refractivity contribution is 5.96. The van der Waals surface area contributed by atoms with Crippen LogP contribution in [0.3, 0.4) is 0 Å². The number of carbonyl (C=O) groups excluding carboxylic acids is 1. The van der Waals surface area contributed by atoms with Crippen molar-refractivity contribution in [1.82, 2.24) is 0 Å². The van der Waals surface area contributed by atoms with E-state index in [2.05, 4.69) is 4.74 Å². The number of halogens is 4. The number of ketones is 1. The lowest BCUT2D eigenvalue weighted by Gasteiger charge is -2.10. The topological polar surface area (TPSA) is 26.3 Å². The summed E-state index contributed by atoms with van der Waals surface area (Å²) in [6.45, 7) is 3.63. The molecule has 6 heteroatoms.